The van der Waals surface area contributed by atoms with Crippen molar-refractivity contribution in [2.24, 2.45) is 12.8 Å². The first-order valence-corrected chi connectivity index (χ1v) is 3.70. The number of hydrogen-bond donors (Lipinski definition) is 3. The normalized spacial score (nSPS) is 16.0. The number of aryl methyl sites for hydroxylation is 1. The zero-order valence-corrected chi connectivity index (χ0v) is 6.88. The van der Waals surface area contributed by atoms with E-state index >= 15 is 0 Å². The quantitative estimate of drug-likeness (QED) is 0.532. The predicted molar refractivity (Wildman–Crippen MR) is 43.2 cm³/mol. The molecule has 1 aromatic heterocycles. The second-order valence-electron chi connectivity index (χ2n) is 2.70. The van der Waals surface area contributed by atoms with Crippen LogP contribution in [0.15, 0.2) is 12.4 Å². The standard InChI is InChI=1S/C7H13N3O2/c1-10-4-5(3-9-10)7(12)6(11)2-8/h3-4,6-7,11-12H,2,8H2,1H3. The van der Waals surface area contributed by atoms with Crippen LogP contribution in [-0.4, -0.2) is 32.6 Å². The van der Waals surface area contributed by atoms with Crippen molar-refractivity contribution in [2.45, 2.75) is 12.2 Å². The molecular weight excluding hydrogens is 158 g/mol. The average Bonchev–Trinajstić information content (AvgIpc) is 2.49. The van der Waals surface area contributed by atoms with E-state index in [2.05, 4.69) is 5.10 Å². The van der Waals surface area contributed by atoms with Gasteiger partial charge in [0.2, 0.25) is 0 Å². The maximum Gasteiger partial charge on any atom is 0.109 e. The lowest BCUT2D eigenvalue weighted by atomic mass is 10.1. The van der Waals surface area contributed by atoms with Gasteiger partial charge in [-0.25, -0.2) is 0 Å². The second-order valence-corrected chi connectivity index (χ2v) is 2.70. The van der Waals surface area contributed by atoms with E-state index in [0.29, 0.717) is 5.56 Å². The molecule has 0 fully saturated rings. The van der Waals surface area contributed by atoms with Gasteiger partial charge in [-0.2, -0.15) is 5.10 Å². The van der Waals surface area contributed by atoms with Gasteiger partial charge in [-0.05, 0) is 0 Å². The molecule has 1 rings (SSSR count). The zero-order valence-electron chi connectivity index (χ0n) is 6.88. The lowest BCUT2D eigenvalue weighted by Gasteiger charge is -2.13. The Labute approximate surface area is 70.4 Å². The maximum atomic E-state index is 9.42. The van der Waals surface area contributed by atoms with Crippen molar-refractivity contribution < 1.29 is 10.2 Å². The molecular formula is C7H13N3O2. The van der Waals surface area contributed by atoms with Gasteiger partial charge in [0.05, 0.1) is 12.3 Å². The molecule has 5 heteroatoms. The first-order valence-electron chi connectivity index (χ1n) is 3.70. The lowest BCUT2D eigenvalue weighted by molar-refractivity contribution is 0.0243. The van der Waals surface area contributed by atoms with Crippen molar-refractivity contribution in [3.8, 4) is 0 Å². The highest BCUT2D eigenvalue weighted by Crippen LogP contribution is 2.14. The van der Waals surface area contributed by atoms with Gasteiger partial charge in [0, 0.05) is 25.4 Å². The molecule has 0 aliphatic rings. The molecule has 5 nitrogen and oxygen atoms in total. The molecule has 0 aromatic carbocycles. The van der Waals surface area contributed by atoms with Crippen LogP contribution >= 0.6 is 0 Å². The second kappa shape index (κ2) is 3.66. The number of rotatable bonds is 3. The van der Waals surface area contributed by atoms with Gasteiger partial charge in [0.15, 0.2) is 0 Å². The van der Waals surface area contributed by atoms with Crippen LogP contribution in [-0.2, 0) is 7.05 Å². The van der Waals surface area contributed by atoms with E-state index in [4.69, 9.17) is 5.73 Å². The molecule has 0 amide bonds. The van der Waals surface area contributed by atoms with Crippen molar-refractivity contribution in [3.63, 3.8) is 0 Å². The summed E-state index contributed by atoms with van der Waals surface area (Å²) in [4.78, 5) is 0. The third-order valence-electron chi connectivity index (χ3n) is 1.67. The van der Waals surface area contributed by atoms with Gasteiger partial charge >= 0.3 is 0 Å². The smallest absolute Gasteiger partial charge is 0.109 e. The highest BCUT2D eigenvalue weighted by atomic mass is 16.3. The monoisotopic (exact) mass is 171 g/mol. The topological polar surface area (TPSA) is 84.3 Å². The van der Waals surface area contributed by atoms with Gasteiger partial charge in [0.25, 0.3) is 0 Å². The summed E-state index contributed by atoms with van der Waals surface area (Å²) >= 11 is 0. The highest BCUT2D eigenvalue weighted by Gasteiger charge is 2.17. The van der Waals surface area contributed by atoms with Crippen LogP contribution in [0.5, 0.6) is 0 Å². The largest absolute Gasteiger partial charge is 0.389 e. The minimum atomic E-state index is -0.941. The third kappa shape index (κ3) is 1.82. The summed E-state index contributed by atoms with van der Waals surface area (Å²) in [5.41, 5.74) is 5.76. The fourth-order valence-electron chi connectivity index (χ4n) is 0.944. The summed E-state index contributed by atoms with van der Waals surface area (Å²) in [7, 11) is 1.74. The Morgan fingerprint density at radius 1 is 1.67 bits per heavy atom. The van der Waals surface area contributed by atoms with Gasteiger partial charge < -0.3 is 15.9 Å². The van der Waals surface area contributed by atoms with Crippen LogP contribution < -0.4 is 5.73 Å². The molecule has 4 N–H and O–H groups in total. The van der Waals surface area contributed by atoms with Gasteiger partial charge in [0.1, 0.15) is 6.10 Å². The van der Waals surface area contributed by atoms with E-state index in [9.17, 15) is 10.2 Å². The summed E-state index contributed by atoms with van der Waals surface area (Å²) < 4.78 is 1.56. The fourth-order valence-corrected chi connectivity index (χ4v) is 0.944. The molecule has 0 spiro atoms. The molecule has 1 aromatic rings. The molecule has 0 aliphatic carbocycles. The SMILES string of the molecule is Cn1cc(C(O)C(O)CN)cn1. The number of nitrogens with zero attached hydrogens (tertiary/aromatic N) is 2. The summed E-state index contributed by atoms with van der Waals surface area (Å²) in [5, 5.41) is 22.5. The molecule has 0 saturated carbocycles. The molecule has 1 heterocycles. The Balaban J connectivity index is 2.70. The molecule has 0 bridgehead atoms. The van der Waals surface area contributed by atoms with Crippen LogP contribution in [0.1, 0.15) is 11.7 Å². The Hall–Kier alpha value is -0.910. The predicted octanol–water partition coefficient (Wildman–Crippen LogP) is -1.23. The van der Waals surface area contributed by atoms with Gasteiger partial charge in [-0.1, -0.05) is 0 Å². The van der Waals surface area contributed by atoms with Crippen LogP contribution in [0.3, 0.4) is 0 Å². The van der Waals surface area contributed by atoms with E-state index in [1.165, 1.54) is 6.20 Å². The number of hydrogen-bond acceptors (Lipinski definition) is 4. The minimum absolute atomic E-state index is 0.0378. The van der Waals surface area contributed by atoms with Crippen LogP contribution in [0.25, 0.3) is 0 Å². The fraction of sp³-hybridized carbons (Fsp3) is 0.571. The number of aliphatic hydroxyl groups excluding tert-OH is 2. The van der Waals surface area contributed by atoms with Crippen LogP contribution in [0.4, 0.5) is 0 Å². The first kappa shape index (κ1) is 9.18. The van der Waals surface area contributed by atoms with E-state index in [1.54, 1.807) is 17.9 Å². The summed E-state index contributed by atoms with van der Waals surface area (Å²) in [6.07, 6.45) is 1.28. The van der Waals surface area contributed by atoms with E-state index < -0.39 is 12.2 Å². The zero-order chi connectivity index (χ0) is 9.14. The minimum Gasteiger partial charge on any atom is -0.389 e. The van der Waals surface area contributed by atoms with Crippen molar-refractivity contribution in [1.29, 1.82) is 0 Å². The average molecular weight is 171 g/mol. The van der Waals surface area contributed by atoms with Crippen molar-refractivity contribution >= 4 is 0 Å². The first-order chi connectivity index (χ1) is 5.65. The van der Waals surface area contributed by atoms with Crippen LogP contribution in [0, 0.1) is 0 Å². The Morgan fingerprint density at radius 2 is 2.33 bits per heavy atom. The third-order valence-corrected chi connectivity index (χ3v) is 1.67. The molecule has 0 radical (unpaired) electrons. The van der Waals surface area contributed by atoms with Gasteiger partial charge in [-0.3, -0.25) is 4.68 Å². The van der Waals surface area contributed by atoms with Gasteiger partial charge in [-0.15, -0.1) is 0 Å². The van der Waals surface area contributed by atoms with Crippen molar-refractivity contribution in [3.05, 3.63) is 18.0 Å². The highest BCUT2D eigenvalue weighted by molar-refractivity contribution is 5.09. The van der Waals surface area contributed by atoms with E-state index in [1.807, 2.05) is 0 Å². The molecule has 2 atom stereocenters. The molecule has 2 unspecified atom stereocenters. The summed E-state index contributed by atoms with van der Waals surface area (Å²) in [6.45, 7) is 0.0378. The van der Waals surface area contributed by atoms with Crippen molar-refractivity contribution in [1.82, 2.24) is 9.78 Å². The molecule has 0 aliphatic heterocycles. The molecule has 12 heavy (non-hydrogen) atoms. The molecule has 68 valence electrons. The molecule has 0 saturated heterocycles. The van der Waals surface area contributed by atoms with E-state index in [-0.39, 0.29) is 6.54 Å². The van der Waals surface area contributed by atoms with Crippen LogP contribution in [0.2, 0.25) is 0 Å². The number of aromatic nitrogens is 2. The Kier molecular flexibility index (Phi) is 2.80. The maximum absolute atomic E-state index is 9.42. The summed E-state index contributed by atoms with van der Waals surface area (Å²) in [6, 6.07) is 0. The van der Waals surface area contributed by atoms with E-state index in [0.717, 1.165) is 0 Å². The van der Waals surface area contributed by atoms with Crippen molar-refractivity contribution in [2.75, 3.05) is 6.54 Å². The Morgan fingerprint density at radius 3 is 2.75 bits per heavy atom. The lowest BCUT2D eigenvalue weighted by Crippen LogP contribution is -2.26. The summed E-state index contributed by atoms with van der Waals surface area (Å²) in [5.74, 6) is 0. The number of nitrogens with two attached hydrogens (primary N) is 1. The Bertz CT molecular complexity index is 249. The number of aliphatic hydroxyl groups is 2.